The zero-order chi connectivity index (χ0) is 16.2. The highest BCUT2D eigenvalue weighted by atomic mass is 16.5. The molecular weight excluding hydrogens is 300 g/mol. The summed E-state index contributed by atoms with van der Waals surface area (Å²) in [5.74, 6) is 0.929. The molecule has 0 aliphatic rings. The molecule has 2 heterocycles. The molecule has 3 aromatic rings. The van der Waals surface area contributed by atoms with E-state index in [0.29, 0.717) is 17.1 Å². The third-order valence-corrected chi connectivity index (χ3v) is 2.93. The quantitative estimate of drug-likeness (QED) is 0.764. The van der Waals surface area contributed by atoms with Crippen molar-refractivity contribution in [3.63, 3.8) is 0 Å². The minimum atomic E-state index is -0.494. The van der Waals surface area contributed by atoms with Gasteiger partial charge in [-0.05, 0) is 30.3 Å². The molecule has 0 saturated carbocycles. The summed E-state index contributed by atoms with van der Waals surface area (Å²) in [4.78, 5) is 11.9. The molecule has 23 heavy (non-hydrogen) atoms. The largest absolute Gasteiger partial charge is 0.497 e. The van der Waals surface area contributed by atoms with Crippen LogP contribution in [0.1, 0.15) is 0 Å². The number of urea groups is 1. The van der Waals surface area contributed by atoms with Crippen LogP contribution < -0.4 is 15.4 Å². The van der Waals surface area contributed by atoms with Crippen molar-refractivity contribution in [1.82, 2.24) is 20.0 Å². The summed E-state index contributed by atoms with van der Waals surface area (Å²) >= 11 is 0. The van der Waals surface area contributed by atoms with Gasteiger partial charge in [-0.15, -0.1) is 5.10 Å². The molecule has 0 saturated heterocycles. The van der Waals surface area contributed by atoms with E-state index in [4.69, 9.17) is 9.15 Å². The molecule has 0 fully saturated rings. The van der Waals surface area contributed by atoms with Crippen molar-refractivity contribution in [3.05, 3.63) is 36.5 Å². The van der Waals surface area contributed by atoms with Crippen molar-refractivity contribution in [2.24, 2.45) is 7.05 Å². The molecule has 0 atom stereocenters. The van der Waals surface area contributed by atoms with E-state index in [-0.39, 0.29) is 11.9 Å². The van der Waals surface area contributed by atoms with Gasteiger partial charge in [0.05, 0.1) is 7.11 Å². The molecule has 3 rings (SSSR count). The van der Waals surface area contributed by atoms with E-state index < -0.39 is 6.03 Å². The van der Waals surface area contributed by atoms with Crippen molar-refractivity contribution in [2.75, 3.05) is 17.7 Å². The van der Waals surface area contributed by atoms with Gasteiger partial charge in [-0.25, -0.2) is 4.79 Å². The Morgan fingerprint density at radius 3 is 2.61 bits per heavy atom. The number of rotatable bonds is 4. The fourth-order valence-electron chi connectivity index (χ4n) is 1.84. The Bertz CT molecular complexity index is 808. The van der Waals surface area contributed by atoms with Gasteiger partial charge in [0.1, 0.15) is 11.4 Å². The fraction of sp³-hybridized carbons (Fsp3) is 0.143. The van der Waals surface area contributed by atoms with Crippen LogP contribution in [-0.2, 0) is 7.05 Å². The maximum absolute atomic E-state index is 11.9. The molecular formula is C14H14N6O3. The number of ether oxygens (including phenoxy) is 1. The second-order valence-corrected chi connectivity index (χ2v) is 4.59. The Balaban J connectivity index is 1.62. The number of carbonyl (C=O) groups excluding carboxylic acids is 1. The van der Waals surface area contributed by atoms with Crippen molar-refractivity contribution < 1.29 is 13.9 Å². The van der Waals surface area contributed by atoms with Crippen LogP contribution in [0.5, 0.6) is 5.75 Å². The van der Waals surface area contributed by atoms with Gasteiger partial charge in [0.15, 0.2) is 0 Å². The summed E-state index contributed by atoms with van der Waals surface area (Å²) in [6, 6.07) is 8.12. The first-order valence-electron chi connectivity index (χ1n) is 6.69. The zero-order valence-electron chi connectivity index (χ0n) is 12.5. The first kappa shape index (κ1) is 14.6. The molecule has 0 aliphatic heterocycles. The Morgan fingerprint density at radius 2 is 1.96 bits per heavy atom. The highest BCUT2D eigenvalue weighted by molar-refractivity contribution is 5.98. The highest BCUT2D eigenvalue weighted by Gasteiger charge is 2.13. The first-order chi connectivity index (χ1) is 11.1. The number of carbonyl (C=O) groups is 1. The van der Waals surface area contributed by atoms with Gasteiger partial charge in [-0.2, -0.15) is 5.10 Å². The minimum Gasteiger partial charge on any atom is -0.497 e. The molecule has 0 unspecified atom stereocenters. The standard InChI is InChI=1S/C14H14N6O3/c1-20-8-7-11(19-20)12-17-18-14(23-12)16-13(21)15-9-3-5-10(22-2)6-4-9/h3-8H,1-2H3,(H2,15,16,18,21). The second kappa shape index (κ2) is 6.18. The number of hydrogen-bond acceptors (Lipinski definition) is 6. The monoisotopic (exact) mass is 314 g/mol. The molecule has 2 N–H and O–H groups in total. The van der Waals surface area contributed by atoms with Crippen molar-refractivity contribution in [3.8, 4) is 17.3 Å². The lowest BCUT2D eigenvalue weighted by atomic mass is 10.3. The topological polar surface area (TPSA) is 107 Å². The summed E-state index contributed by atoms with van der Waals surface area (Å²) < 4.78 is 12.0. The van der Waals surface area contributed by atoms with Crippen LogP contribution in [0.2, 0.25) is 0 Å². The zero-order valence-corrected chi connectivity index (χ0v) is 12.5. The number of aryl methyl sites for hydroxylation is 1. The van der Waals surface area contributed by atoms with Crippen molar-refractivity contribution in [1.29, 1.82) is 0 Å². The number of nitrogens with zero attached hydrogens (tertiary/aromatic N) is 4. The predicted molar refractivity (Wildman–Crippen MR) is 82.1 cm³/mol. The van der Waals surface area contributed by atoms with Crippen molar-refractivity contribution in [2.45, 2.75) is 0 Å². The maximum Gasteiger partial charge on any atom is 0.327 e. The van der Waals surface area contributed by atoms with Crippen LogP contribution in [0.25, 0.3) is 11.6 Å². The Morgan fingerprint density at radius 1 is 1.17 bits per heavy atom. The molecule has 0 bridgehead atoms. The Hall–Kier alpha value is -3.36. The first-order valence-corrected chi connectivity index (χ1v) is 6.69. The number of benzene rings is 1. The number of methoxy groups -OCH3 is 1. The Kier molecular flexibility index (Phi) is 3.91. The summed E-state index contributed by atoms with van der Waals surface area (Å²) in [5, 5.41) is 16.8. The van der Waals surface area contributed by atoms with Crippen LogP contribution in [0, 0.1) is 0 Å². The van der Waals surface area contributed by atoms with Gasteiger partial charge >= 0.3 is 12.0 Å². The number of aromatic nitrogens is 4. The average Bonchev–Trinajstić information content (AvgIpc) is 3.17. The highest BCUT2D eigenvalue weighted by Crippen LogP contribution is 2.18. The molecule has 118 valence electrons. The smallest absolute Gasteiger partial charge is 0.327 e. The van der Waals surface area contributed by atoms with Gasteiger partial charge in [0, 0.05) is 18.9 Å². The number of hydrogen-bond donors (Lipinski definition) is 2. The molecule has 9 nitrogen and oxygen atoms in total. The van der Waals surface area contributed by atoms with E-state index in [1.807, 2.05) is 0 Å². The van der Waals surface area contributed by atoms with Crippen LogP contribution in [-0.4, -0.2) is 33.1 Å². The molecule has 2 aromatic heterocycles. The van der Waals surface area contributed by atoms with Crippen LogP contribution >= 0.6 is 0 Å². The average molecular weight is 314 g/mol. The predicted octanol–water partition coefficient (Wildman–Crippen LogP) is 2.12. The maximum atomic E-state index is 11.9. The third kappa shape index (κ3) is 3.46. The number of amides is 2. The van der Waals surface area contributed by atoms with E-state index in [1.165, 1.54) is 0 Å². The molecule has 9 heteroatoms. The summed E-state index contributed by atoms with van der Waals surface area (Å²) in [5.41, 5.74) is 1.14. The molecule has 2 amide bonds. The summed E-state index contributed by atoms with van der Waals surface area (Å²) in [6.45, 7) is 0. The minimum absolute atomic E-state index is 0.0170. The molecule has 0 radical (unpaired) electrons. The van der Waals surface area contributed by atoms with Crippen molar-refractivity contribution >= 4 is 17.7 Å². The summed E-state index contributed by atoms with van der Waals surface area (Å²) in [7, 11) is 3.35. The van der Waals surface area contributed by atoms with Gasteiger partial charge in [0.25, 0.3) is 5.89 Å². The molecule has 1 aromatic carbocycles. The van der Waals surface area contributed by atoms with Gasteiger partial charge in [-0.1, -0.05) is 5.10 Å². The van der Waals surface area contributed by atoms with Crippen LogP contribution in [0.15, 0.2) is 40.9 Å². The van der Waals surface area contributed by atoms with Gasteiger partial charge < -0.3 is 14.5 Å². The lowest BCUT2D eigenvalue weighted by Gasteiger charge is -2.05. The van der Waals surface area contributed by atoms with E-state index in [9.17, 15) is 4.79 Å². The molecule has 0 spiro atoms. The SMILES string of the molecule is COc1ccc(NC(=O)Nc2nnc(-c3ccn(C)n3)o2)cc1. The molecule has 0 aliphatic carbocycles. The van der Waals surface area contributed by atoms with E-state index in [1.54, 1.807) is 55.4 Å². The number of nitrogens with one attached hydrogen (secondary N) is 2. The second-order valence-electron chi connectivity index (χ2n) is 4.59. The van der Waals surface area contributed by atoms with E-state index >= 15 is 0 Å². The third-order valence-electron chi connectivity index (χ3n) is 2.93. The Labute approximate surface area is 131 Å². The lowest BCUT2D eigenvalue weighted by Crippen LogP contribution is -2.19. The fourth-order valence-corrected chi connectivity index (χ4v) is 1.84. The van der Waals surface area contributed by atoms with Crippen LogP contribution in [0.4, 0.5) is 16.5 Å². The lowest BCUT2D eigenvalue weighted by molar-refractivity contribution is 0.261. The number of anilines is 2. The van der Waals surface area contributed by atoms with Crippen LogP contribution in [0.3, 0.4) is 0 Å². The van der Waals surface area contributed by atoms with Gasteiger partial charge in [0.2, 0.25) is 0 Å². The van der Waals surface area contributed by atoms with E-state index in [0.717, 1.165) is 0 Å². The van der Waals surface area contributed by atoms with E-state index in [2.05, 4.69) is 25.9 Å². The van der Waals surface area contributed by atoms with Gasteiger partial charge in [-0.3, -0.25) is 10.00 Å². The summed E-state index contributed by atoms with van der Waals surface area (Å²) in [6.07, 6.45) is 1.75. The normalized spacial score (nSPS) is 10.3.